The van der Waals surface area contributed by atoms with Crippen LogP contribution in [0.3, 0.4) is 0 Å². The smallest absolute Gasteiger partial charge is 0.407 e. The molecule has 0 bridgehead atoms. The van der Waals surface area contributed by atoms with Crippen molar-refractivity contribution in [3.63, 3.8) is 0 Å². The molecule has 1 aliphatic rings. The van der Waals surface area contributed by atoms with Gasteiger partial charge in [0.25, 0.3) is 11.4 Å². The Hall–Kier alpha value is -4.68. The molecule has 1 aliphatic heterocycles. The van der Waals surface area contributed by atoms with E-state index in [0.29, 0.717) is 16.0 Å². The Kier molecular flexibility index (Phi) is 12.7. The second kappa shape index (κ2) is 16.2. The number of nitro benzene ring substituents is 2. The first kappa shape index (κ1) is 36.8. The minimum atomic E-state index is -2.13. The fourth-order valence-corrected chi connectivity index (χ4v) is 6.65. The number of nitrogens with one attached hydrogen (secondary N) is 1. The summed E-state index contributed by atoms with van der Waals surface area (Å²) in [7, 11) is -2.13. The van der Waals surface area contributed by atoms with Crippen molar-refractivity contribution in [3.8, 4) is 0 Å². The maximum absolute atomic E-state index is 13.1. The molecular weight excluding hydrogens is 656 g/mol. The first-order chi connectivity index (χ1) is 22.1. The molecule has 2 aromatic carbocycles. The van der Waals surface area contributed by atoms with Crippen molar-refractivity contribution in [2.24, 2.45) is 5.92 Å². The number of carbonyl (C=O) groups is 5. The van der Waals surface area contributed by atoms with Crippen LogP contribution in [0.5, 0.6) is 0 Å². The highest BCUT2D eigenvalue weighted by atomic mass is 32.2. The van der Waals surface area contributed by atoms with Gasteiger partial charge in [-0.05, 0) is 62.0 Å². The lowest BCUT2D eigenvalue weighted by Crippen LogP contribution is -2.68. The third-order valence-electron chi connectivity index (χ3n) is 6.75. The number of ether oxygens (including phenoxy) is 2. The summed E-state index contributed by atoms with van der Waals surface area (Å²) in [6.07, 6.45) is -1.67. The predicted octanol–water partition coefficient (Wildman–Crippen LogP) is 3.72. The highest BCUT2D eigenvalue weighted by Gasteiger charge is 2.55. The fourth-order valence-electron chi connectivity index (χ4n) is 4.66. The Morgan fingerprint density at radius 2 is 1.43 bits per heavy atom. The van der Waals surface area contributed by atoms with E-state index in [9.17, 15) is 44.2 Å². The molecule has 47 heavy (non-hydrogen) atoms. The first-order valence-corrected chi connectivity index (χ1v) is 18.7. The zero-order chi connectivity index (χ0) is 34.9. The summed E-state index contributed by atoms with van der Waals surface area (Å²) in [5.74, 6) is -3.95. The van der Waals surface area contributed by atoms with Crippen molar-refractivity contribution in [1.29, 1.82) is 0 Å². The largest absolute Gasteiger partial charge is 0.454 e. The molecule has 252 valence electrons. The van der Waals surface area contributed by atoms with Crippen molar-refractivity contribution < 1.29 is 47.7 Å². The van der Waals surface area contributed by atoms with Crippen molar-refractivity contribution in [1.82, 2.24) is 10.2 Å². The number of thioether (sulfide) groups is 1. The minimum Gasteiger partial charge on any atom is -0.454 e. The van der Waals surface area contributed by atoms with E-state index in [4.69, 9.17) is 13.9 Å². The molecule has 1 heterocycles. The third kappa shape index (κ3) is 10.7. The van der Waals surface area contributed by atoms with E-state index in [1.807, 2.05) is 19.6 Å². The number of nitrogens with zero attached hydrogens (tertiary/aromatic N) is 3. The summed E-state index contributed by atoms with van der Waals surface area (Å²) < 4.78 is 16.2. The highest BCUT2D eigenvalue weighted by molar-refractivity contribution is 8.13. The number of esters is 1. The molecule has 1 N–H and O–H groups in total. The van der Waals surface area contributed by atoms with Gasteiger partial charge in [0.05, 0.1) is 27.9 Å². The second-order valence-corrected chi connectivity index (χ2v) is 17.0. The van der Waals surface area contributed by atoms with E-state index in [1.54, 1.807) is 6.92 Å². The SMILES string of the molecule is C[C@@H](O[Si](C)(C)C)[C@H]1C(=O)N(C(=O)C(=O)OCc2ccc([N+](=O)[O-])cc2)[C@@H]1CC(=O)SCCNC(=O)OCc1ccc([N+](=O)[O-])cc1. The quantitative estimate of drug-likeness (QED) is 0.0570. The van der Waals surface area contributed by atoms with E-state index in [1.165, 1.54) is 48.5 Å². The number of rotatable bonds is 14. The van der Waals surface area contributed by atoms with Gasteiger partial charge in [-0.25, -0.2) is 9.59 Å². The van der Waals surface area contributed by atoms with Crippen molar-refractivity contribution in [2.75, 3.05) is 12.3 Å². The average molecular weight is 691 g/mol. The normalized spacial score (nSPS) is 16.4. The number of non-ortho nitro benzene ring substituents is 2. The molecule has 16 nitrogen and oxygen atoms in total. The van der Waals surface area contributed by atoms with Crippen molar-refractivity contribution in [3.05, 3.63) is 79.9 Å². The predicted molar refractivity (Wildman–Crippen MR) is 169 cm³/mol. The van der Waals surface area contributed by atoms with Gasteiger partial charge in [-0.15, -0.1) is 0 Å². The van der Waals surface area contributed by atoms with Gasteiger partial charge in [-0.1, -0.05) is 11.8 Å². The van der Waals surface area contributed by atoms with Crippen LogP contribution in [0.2, 0.25) is 19.6 Å². The van der Waals surface area contributed by atoms with E-state index < -0.39 is 65.2 Å². The molecule has 3 rings (SSSR count). The van der Waals surface area contributed by atoms with E-state index in [-0.39, 0.29) is 43.3 Å². The molecule has 0 radical (unpaired) electrons. The Labute approximate surface area is 274 Å². The zero-order valence-electron chi connectivity index (χ0n) is 26.0. The van der Waals surface area contributed by atoms with Crippen LogP contribution in [0.4, 0.5) is 16.2 Å². The van der Waals surface area contributed by atoms with Gasteiger partial charge in [0.15, 0.2) is 13.4 Å². The number of amides is 3. The van der Waals surface area contributed by atoms with Gasteiger partial charge in [0, 0.05) is 43.0 Å². The van der Waals surface area contributed by atoms with Crippen molar-refractivity contribution >= 4 is 60.4 Å². The molecule has 18 heteroatoms. The molecule has 1 fully saturated rings. The number of carbonyl (C=O) groups excluding carboxylic acids is 5. The zero-order valence-corrected chi connectivity index (χ0v) is 27.9. The van der Waals surface area contributed by atoms with Crippen LogP contribution < -0.4 is 5.32 Å². The van der Waals surface area contributed by atoms with Gasteiger partial charge in [-0.2, -0.15) is 0 Å². The maximum atomic E-state index is 13.1. The number of nitro groups is 2. The Balaban J connectivity index is 1.53. The lowest BCUT2D eigenvalue weighted by atomic mass is 9.81. The standard InChI is InChI=1S/C29H34N4O12SSi/c1-18(45-47(2,3)4)25-23(31(26(25)35)27(36)28(37)43-16-19-5-9-21(10-6-19)32(39)40)15-24(34)46-14-13-30-29(38)44-17-20-7-11-22(12-8-20)33(41)42/h5-12,18,23,25H,13-17H2,1-4H3,(H,30,38)/t18-,23-,25-/m1/s1. The summed E-state index contributed by atoms with van der Waals surface area (Å²) in [5, 5.41) is 23.7. The molecule has 3 atom stereocenters. The monoisotopic (exact) mass is 690 g/mol. The Morgan fingerprint density at radius 1 is 0.915 bits per heavy atom. The van der Waals surface area contributed by atoms with Crippen molar-refractivity contribution in [2.45, 2.75) is 58.3 Å². The van der Waals surface area contributed by atoms with E-state index >= 15 is 0 Å². The molecule has 2 aromatic rings. The lowest BCUT2D eigenvalue weighted by molar-refractivity contribution is -0.385. The molecule has 3 amide bonds. The summed E-state index contributed by atoms with van der Waals surface area (Å²) in [6.45, 7) is 7.00. The minimum absolute atomic E-state index is 0.0509. The number of hydrogen-bond acceptors (Lipinski definition) is 13. The number of imide groups is 1. The summed E-state index contributed by atoms with van der Waals surface area (Å²) in [6, 6.07) is 9.69. The van der Waals surface area contributed by atoms with Crippen LogP contribution in [0.1, 0.15) is 24.5 Å². The van der Waals surface area contributed by atoms with Crippen LogP contribution in [0, 0.1) is 26.1 Å². The number of likely N-dealkylation sites (tertiary alicyclic amines) is 1. The molecule has 0 aliphatic carbocycles. The van der Waals surface area contributed by atoms with Crippen LogP contribution >= 0.6 is 11.8 Å². The molecule has 0 aromatic heterocycles. The number of alkyl carbamates (subject to hydrolysis) is 1. The third-order valence-corrected chi connectivity index (χ3v) is 8.73. The molecule has 0 spiro atoms. The first-order valence-electron chi connectivity index (χ1n) is 14.3. The lowest BCUT2D eigenvalue weighted by Gasteiger charge is -2.48. The highest BCUT2D eigenvalue weighted by Crippen LogP contribution is 2.36. The summed E-state index contributed by atoms with van der Waals surface area (Å²) in [4.78, 5) is 84.7. The number of hydrogen-bond donors (Lipinski definition) is 1. The van der Waals surface area contributed by atoms with Crippen LogP contribution in [-0.4, -0.2) is 76.5 Å². The number of benzene rings is 2. The van der Waals surface area contributed by atoms with Gasteiger partial charge in [0.2, 0.25) is 5.91 Å². The van der Waals surface area contributed by atoms with Crippen LogP contribution in [-0.2, 0) is 46.3 Å². The fraction of sp³-hybridized carbons (Fsp3) is 0.414. The van der Waals surface area contributed by atoms with Gasteiger partial charge in [-0.3, -0.25) is 39.5 Å². The van der Waals surface area contributed by atoms with Gasteiger partial charge >= 0.3 is 18.0 Å². The molecular formula is C29H34N4O12SSi. The number of β-lactam (4-membered cyclic amide) rings is 1. The average Bonchev–Trinajstić information content (AvgIpc) is 3.00. The Bertz CT molecular complexity index is 1510. The topological polar surface area (TPSA) is 215 Å². The van der Waals surface area contributed by atoms with Crippen LogP contribution in [0.15, 0.2) is 48.5 Å². The van der Waals surface area contributed by atoms with E-state index in [2.05, 4.69) is 5.32 Å². The van der Waals surface area contributed by atoms with Crippen LogP contribution in [0.25, 0.3) is 0 Å². The van der Waals surface area contributed by atoms with Gasteiger partial charge in [0.1, 0.15) is 13.2 Å². The van der Waals surface area contributed by atoms with E-state index in [0.717, 1.165) is 11.8 Å². The summed E-state index contributed by atoms with van der Waals surface area (Å²) in [5.41, 5.74) is 0.668. The Morgan fingerprint density at radius 3 is 1.91 bits per heavy atom. The maximum Gasteiger partial charge on any atom is 0.407 e. The molecule has 1 saturated heterocycles. The second-order valence-electron chi connectivity index (χ2n) is 11.4. The summed E-state index contributed by atoms with van der Waals surface area (Å²) >= 11 is 0.857. The molecule has 0 unspecified atom stereocenters. The molecule has 0 saturated carbocycles. The van der Waals surface area contributed by atoms with Gasteiger partial charge < -0.3 is 19.2 Å².